The monoisotopic (exact) mass is 205 g/mol. The van der Waals surface area contributed by atoms with E-state index in [2.05, 4.69) is 5.32 Å². The van der Waals surface area contributed by atoms with Crippen LogP contribution in [0.4, 0.5) is 0 Å². The smallest absolute Gasteiger partial charge is 0.235 e. The molecular weight excluding hydrogens is 186 g/mol. The van der Waals surface area contributed by atoms with E-state index in [1.54, 1.807) is 7.11 Å². The molecule has 6 nitrogen and oxygen atoms in total. The Labute approximate surface area is 83.9 Å². The first-order chi connectivity index (χ1) is 6.68. The van der Waals surface area contributed by atoms with Crippen LogP contribution >= 0.6 is 0 Å². The Morgan fingerprint density at radius 3 is 2.79 bits per heavy atom. The molecule has 0 rings (SSSR count). The van der Waals surface area contributed by atoms with Crippen molar-refractivity contribution in [2.45, 2.75) is 12.5 Å². The number of carbonyl (C=O) groups is 1. The van der Waals surface area contributed by atoms with E-state index < -0.39 is 11.9 Å². The molecule has 0 saturated carbocycles. The average molecular weight is 205 g/mol. The maximum Gasteiger partial charge on any atom is 0.235 e. The molecule has 0 heterocycles. The van der Waals surface area contributed by atoms with Crippen LogP contribution < -0.4 is 16.8 Å². The molecule has 0 radical (unpaired) electrons. The minimum atomic E-state index is -0.655. The number of hydrogen-bond donors (Lipinski definition) is 3. The summed E-state index contributed by atoms with van der Waals surface area (Å²) < 4.78 is 10.0. The Balaban J connectivity index is 3.09. The minimum absolute atomic E-state index is 0.333. The van der Waals surface area contributed by atoms with E-state index in [4.69, 9.17) is 20.9 Å². The van der Waals surface area contributed by atoms with Crippen molar-refractivity contribution in [3.63, 3.8) is 0 Å². The van der Waals surface area contributed by atoms with Gasteiger partial charge in [-0.15, -0.1) is 0 Å². The van der Waals surface area contributed by atoms with Crippen LogP contribution in [-0.4, -0.2) is 45.5 Å². The van der Waals surface area contributed by atoms with Gasteiger partial charge in [0, 0.05) is 20.3 Å². The van der Waals surface area contributed by atoms with Crippen molar-refractivity contribution in [3.8, 4) is 0 Å². The van der Waals surface area contributed by atoms with Crippen LogP contribution in [-0.2, 0) is 14.3 Å². The highest BCUT2D eigenvalue weighted by atomic mass is 16.5. The average Bonchev–Trinajstić information content (AvgIpc) is 2.16. The van der Waals surface area contributed by atoms with Crippen LogP contribution in [0.1, 0.15) is 6.42 Å². The number of primary amides is 1. The summed E-state index contributed by atoms with van der Waals surface area (Å²) in [6.07, 6.45) is 0.847. The second kappa shape index (κ2) is 8.89. The Morgan fingerprint density at radius 1 is 1.50 bits per heavy atom. The molecule has 0 spiro atoms. The van der Waals surface area contributed by atoms with Crippen molar-refractivity contribution >= 4 is 5.91 Å². The Kier molecular flexibility index (Phi) is 8.45. The molecule has 0 aliphatic rings. The van der Waals surface area contributed by atoms with Gasteiger partial charge in [-0.25, -0.2) is 0 Å². The summed E-state index contributed by atoms with van der Waals surface area (Å²) in [4.78, 5) is 10.5. The second-order valence-corrected chi connectivity index (χ2v) is 2.86. The molecule has 0 bridgehead atoms. The van der Waals surface area contributed by atoms with Crippen molar-refractivity contribution < 1.29 is 14.3 Å². The van der Waals surface area contributed by atoms with Crippen molar-refractivity contribution in [3.05, 3.63) is 0 Å². The van der Waals surface area contributed by atoms with E-state index >= 15 is 0 Å². The fourth-order valence-corrected chi connectivity index (χ4v) is 0.765. The molecule has 1 amide bonds. The molecule has 6 heteroatoms. The maximum absolute atomic E-state index is 10.5. The van der Waals surface area contributed by atoms with E-state index in [0.29, 0.717) is 26.5 Å². The number of nitrogens with two attached hydrogens (primary N) is 2. The number of ether oxygens (including phenoxy) is 2. The first-order valence-electron chi connectivity index (χ1n) is 4.50. The van der Waals surface area contributed by atoms with Crippen LogP contribution in [0.15, 0.2) is 0 Å². The number of carbonyl (C=O) groups excluding carboxylic acids is 1. The molecule has 0 aromatic carbocycles. The van der Waals surface area contributed by atoms with Gasteiger partial charge in [0.05, 0.1) is 19.4 Å². The third kappa shape index (κ3) is 7.93. The highest BCUT2D eigenvalue weighted by molar-refractivity contribution is 5.79. The zero-order chi connectivity index (χ0) is 10.8. The number of methoxy groups -OCH3 is 1. The first kappa shape index (κ1) is 13.3. The molecule has 0 aromatic heterocycles. The Bertz CT molecular complexity index is 155. The Hall–Kier alpha value is -0.690. The summed E-state index contributed by atoms with van der Waals surface area (Å²) in [6.45, 7) is 2.00. The lowest BCUT2D eigenvalue weighted by molar-refractivity contribution is -0.119. The van der Waals surface area contributed by atoms with Gasteiger partial charge in [0.1, 0.15) is 0 Å². The van der Waals surface area contributed by atoms with E-state index in [1.165, 1.54) is 0 Å². The highest BCUT2D eigenvalue weighted by Gasteiger charge is 2.06. The van der Waals surface area contributed by atoms with Gasteiger partial charge in [0.15, 0.2) is 0 Å². The van der Waals surface area contributed by atoms with Gasteiger partial charge in [-0.05, 0) is 6.42 Å². The zero-order valence-electron chi connectivity index (χ0n) is 8.49. The third-order valence-corrected chi connectivity index (χ3v) is 1.57. The summed E-state index contributed by atoms with van der Waals surface area (Å²) in [5.74, 6) is -0.517. The summed E-state index contributed by atoms with van der Waals surface area (Å²) in [7, 11) is 1.64. The van der Waals surface area contributed by atoms with Gasteiger partial charge >= 0.3 is 0 Å². The van der Waals surface area contributed by atoms with Gasteiger partial charge in [-0.3, -0.25) is 10.1 Å². The summed E-state index contributed by atoms with van der Waals surface area (Å²) in [6, 6.07) is -0.655. The van der Waals surface area contributed by atoms with Crippen molar-refractivity contribution in [2.75, 3.05) is 33.6 Å². The van der Waals surface area contributed by atoms with Gasteiger partial charge in [0.2, 0.25) is 5.91 Å². The lowest BCUT2D eigenvalue weighted by Gasteiger charge is -2.09. The summed E-state index contributed by atoms with van der Waals surface area (Å²) >= 11 is 0. The van der Waals surface area contributed by atoms with Gasteiger partial charge < -0.3 is 20.9 Å². The second-order valence-electron chi connectivity index (χ2n) is 2.86. The topological polar surface area (TPSA) is 99.6 Å². The SMILES string of the molecule is COCCCOCNCC(N)C(N)=O. The van der Waals surface area contributed by atoms with Crippen LogP contribution in [0, 0.1) is 0 Å². The fourth-order valence-electron chi connectivity index (χ4n) is 0.765. The van der Waals surface area contributed by atoms with Gasteiger partial charge in [-0.1, -0.05) is 0 Å². The van der Waals surface area contributed by atoms with Crippen molar-refractivity contribution in [1.82, 2.24) is 5.32 Å². The van der Waals surface area contributed by atoms with Crippen molar-refractivity contribution in [1.29, 1.82) is 0 Å². The summed E-state index contributed by atoms with van der Waals surface area (Å²) in [5.41, 5.74) is 10.3. The molecular formula is C8H19N3O3. The molecule has 0 fully saturated rings. The molecule has 1 unspecified atom stereocenters. The van der Waals surface area contributed by atoms with Crippen LogP contribution in [0.3, 0.4) is 0 Å². The third-order valence-electron chi connectivity index (χ3n) is 1.57. The Morgan fingerprint density at radius 2 is 2.21 bits per heavy atom. The van der Waals surface area contributed by atoms with Crippen LogP contribution in [0.2, 0.25) is 0 Å². The number of hydrogen-bond acceptors (Lipinski definition) is 5. The minimum Gasteiger partial charge on any atom is -0.385 e. The van der Waals surface area contributed by atoms with Crippen LogP contribution in [0.5, 0.6) is 0 Å². The molecule has 0 aliphatic carbocycles. The first-order valence-corrected chi connectivity index (χ1v) is 4.50. The molecule has 0 aromatic rings. The van der Waals surface area contributed by atoms with Crippen molar-refractivity contribution in [2.24, 2.45) is 11.5 Å². The fraction of sp³-hybridized carbons (Fsp3) is 0.875. The number of amides is 1. The molecule has 14 heavy (non-hydrogen) atoms. The molecule has 5 N–H and O–H groups in total. The molecule has 0 saturated heterocycles. The maximum atomic E-state index is 10.5. The highest BCUT2D eigenvalue weighted by Crippen LogP contribution is 1.81. The molecule has 84 valence electrons. The number of nitrogens with one attached hydrogen (secondary N) is 1. The van der Waals surface area contributed by atoms with E-state index in [0.717, 1.165) is 6.42 Å². The summed E-state index contributed by atoms with van der Waals surface area (Å²) in [5, 5.41) is 2.85. The lowest BCUT2D eigenvalue weighted by Crippen LogP contribution is -2.44. The van der Waals surface area contributed by atoms with E-state index in [1.807, 2.05) is 0 Å². The predicted octanol–water partition coefficient (Wildman–Crippen LogP) is -1.60. The van der Waals surface area contributed by atoms with Gasteiger partial charge in [-0.2, -0.15) is 0 Å². The zero-order valence-corrected chi connectivity index (χ0v) is 8.49. The normalized spacial score (nSPS) is 12.7. The lowest BCUT2D eigenvalue weighted by atomic mass is 10.3. The quantitative estimate of drug-likeness (QED) is 0.311. The van der Waals surface area contributed by atoms with Crippen LogP contribution in [0.25, 0.3) is 0 Å². The van der Waals surface area contributed by atoms with Gasteiger partial charge in [0.25, 0.3) is 0 Å². The number of rotatable bonds is 9. The van der Waals surface area contributed by atoms with E-state index in [9.17, 15) is 4.79 Å². The predicted molar refractivity (Wildman–Crippen MR) is 52.5 cm³/mol. The molecule has 0 aliphatic heterocycles. The van der Waals surface area contributed by atoms with E-state index in [-0.39, 0.29) is 0 Å². The standard InChI is InChI=1S/C8H19N3O3/c1-13-3-2-4-14-6-11-5-7(9)8(10)12/h7,11H,2-6,9H2,1H3,(H2,10,12). The largest absolute Gasteiger partial charge is 0.385 e. The molecule has 1 atom stereocenters.